The lowest BCUT2D eigenvalue weighted by Crippen LogP contribution is -2.15. The van der Waals surface area contributed by atoms with Crippen LogP contribution in [0.15, 0.2) is 36.9 Å². The van der Waals surface area contributed by atoms with Crippen LogP contribution >= 0.6 is 0 Å². The van der Waals surface area contributed by atoms with Crippen LogP contribution in [0.2, 0.25) is 0 Å². The second-order valence-corrected chi connectivity index (χ2v) is 5.49. The maximum Gasteiger partial charge on any atom is 0.355 e. The summed E-state index contributed by atoms with van der Waals surface area (Å²) in [5.41, 5.74) is 1.80. The summed E-state index contributed by atoms with van der Waals surface area (Å²) < 4.78 is 20.6. The summed E-state index contributed by atoms with van der Waals surface area (Å²) in [7, 11) is 0. The molecule has 0 aliphatic heterocycles. The number of anilines is 1. The first-order valence-electron chi connectivity index (χ1n) is 7.95. The van der Waals surface area contributed by atoms with Crippen LogP contribution in [0.4, 0.5) is 10.1 Å². The molecule has 132 valence electrons. The van der Waals surface area contributed by atoms with Crippen LogP contribution in [-0.4, -0.2) is 23.1 Å². The fourth-order valence-corrected chi connectivity index (χ4v) is 2.80. The molecular formula is C19H21FN2O3. The Balaban J connectivity index is 2.48. The van der Waals surface area contributed by atoms with Crippen LogP contribution < -0.4 is 5.32 Å². The molecule has 0 atom stereocenters. The Morgan fingerprint density at radius 3 is 2.60 bits per heavy atom. The van der Waals surface area contributed by atoms with Gasteiger partial charge in [-0.1, -0.05) is 18.2 Å². The zero-order valence-electron chi connectivity index (χ0n) is 14.6. The number of hydrogen-bond donors (Lipinski definition) is 1. The number of hydrogen-bond acceptors (Lipinski definition) is 3. The molecule has 1 aromatic heterocycles. The van der Waals surface area contributed by atoms with Crippen molar-refractivity contribution in [3.8, 4) is 0 Å². The smallest absolute Gasteiger partial charge is 0.355 e. The van der Waals surface area contributed by atoms with Gasteiger partial charge in [-0.05, 0) is 38.5 Å². The SMILES string of the molecule is C=CCn1c(C)c(C(=O)Nc2ccccc2F)c(C)c1C(=O)OCC. The van der Waals surface area contributed by atoms with E-state index in [0.29, 0.717) is 29.1 Å². The van der Waals surface area contributed by atoms with E-state index in [4.69, 9.17) is 4.74 Å². The van der Waals surface area contributed by atoms with Crippen LogP contribution in [0.5, 0.6) is 0 Å². The molecule has 0 bridgehead atoms. The van der Waals surface area contributed by atoms with Gasteiger partial charge in [0.2, 0.25) is 0 Å². The van der Waals surface area contributed by atoms with Crippen molar-refractivity contribution in [3.05, 3.63) is 65.3 Å². The molecule has 6 heteroatoms. The molecule has 1 amide bonds. The van der Waals surface area contributed by atoms with E-state index in [1.807, 2.05) is 0 Å². The standard InChI is InChI=1S/C19H21FN2O3/c1-5-11-22-13(4)16(12(3)17(22)19(24)25-6-2)18(23)21-15-10-8-7-9-14(15)20/h5,7-10H,1,6,11H2,2-4H3,(H,21,23). The number of benzene rings is 1. The highest BCUT2D eigenvalue weighted by atomic mass is 19.1. The number of para-hydroxylation sites is 1. The minimum atomic E-state index is -0.526. The zero-order chi connectivity index (χ0) is 18.6. The van der Waals surface area contributed by atoms with Crippen molar-refractivity contribution in [2.45, 2.75) is 27.3 Å². The molecule has 1 heterocycles. The summed E-state index contributed by atoms with van der Waals surface area (Å²) in [6, 6.07) is 5.92. The van der Waals surface area contributed by atoms with Gasteiger partial charge in [-0.3, -0.25) is 4.79 Å². The molecule has 0 aliphatic rings. The van der Waals surface area contributed by atoms with Gasteiger partial charge < -0.3 is 14.6 Å². The summed E-state index contributed by atoms with van der Waals surface area (Å²) in [5, 5.41) is 2.56. The zero-order valence-corrected chi connectivity index (χ0v) is 14.6. The number of nitrogens with zero attached hydrogens (tertiary/aromatic N) is 1. The summed E-state index contributed by atoms with van der Waals surface area (Å²) in [6.07, 6.45) is 1.63. The molecule has 5 nitrogen and oxygen atoms in total. The maximum absolute atomic E-state index is 13.8. The van der Waals surface area contributed by atoms with Gasteiger partial charge >= 0.3 is 5.97 Å². The van der Waals surface area contributed by atoms with Crippen LogP contribution in [0, 0.1) is 19.7 Å². The summed E-state index contributed by atoms with van der Waals surface area (Å²) in [5.74, 6) is -1.51. The summed E-state index contributed by atoms with van der Waals surface area (Å²) in [4.78, 5) is 25.0. The Hall–Kier alpha value is -2.89. The Morgan fingerprint density at radius 1 is 1.32 bits per heavy atom. The number of amides is 1. The molecule has 0 saturated carbocycles. The molecule has 1 N–H and O–H groups in total. The molecule has 0 radical (unpaired) electrons. The number of esters is 1. The van der Waals surface area contributed by atoms with Crippen LogP contribution in [-0.2, 0) is 11.3 Å². The lowest BCUT2D eigenvalue weighted by atomic mass is 10.1. The number of rotatable bonds is 6. The van der Waals surface area contributed by atoms with E-state index in [0.717, 1.165) is 0 Å². The molecular weight excluding hydrogens is 323 g/mol. The minimum absolute atomic E-state index is 0.0838. The van der Waals surface area contributed by atoms with Gasteiger partial charge in [-0.25, -0.2) is 9.18 Å². The first-order chi connectivity index (χ1) is 11.9. The van der Waals surface area contributed by atoms with Gasteiger partial charge in [0.1, 0.15) is 11.5 Å². The van der Waals surface area contributed by atoms with E-state index in [2.05, 4.69) is 11.9 Å². The normalized spacial score (nSPS) is 10.4. The van der Waals surface area contributed by atoms with E-state index in [9.17, 15) is 14.0 Å². The highest BCUT2D eigenvalue weighted by Gasteiger charge is 2.27. The Labute approximate surface area is 146 Å². The second kappa shape index (κ2) is 7.79. The number of nitrogens with one attached hydrogen (secondary N) is 1. The monoisotopic (exact) mass is 344 g/mol. The van der Waals surface area contributed by atoms with E-state index >= 15 is 0 Å². The van der Waals surface area contributed by atoms with Gasteiger partial charge in [0.05, 0.1) is 17.9 Å². The van der Waals surface area contributed by atoms with Crippen LogP contribution in [0.1, 0.15) is 39.0 Å². The molecule has 0 fully saturated rings. The van der Waals surface area contributed by atoms with Crippen molar-refractivity contribution >= 4 is 17.6 Å². The van der Waals surface area contributed by atoms with Gasteiger partial charge in [0, 0.05) is 12.2 Å². The molecule has 2 aromatic rings. The quantitative estimate of drug-likeness (QED) is 0.639. The first-order valence-corrected chi connectivity index (χ1v) is 7.95. The van der Waals surface area contributed by atoms with Crippen molar-refractivity contribution in [3.63, 3.8) is 0 Å². The fourth-order valence-electron chi connectivity index (χ4n) is 2.80. The number of ether oxygens (including phenoxy) is 1. The van der Waals surface area contributed by atoms with E-state index in [1.165, 1.54) is 12.1 Å². The average Bonchev–Trinajstić information content (AvgIpc) is 2.81. The predicted octanol–water partition coefficient (Wildman–Crippen LogP) is 3.86. The summed E-state index contributed by atoms with van der Waals surface area (Å²) in [6.45, 7) is 9.39. The summed E-state index contributed by atoms with van der Waals surface area (Å²) >= 11 is 0. The number of allylic oxidation sites excluding steroid dienone is 1. The number of carbonyl (C=O) groups excluding carboxylic acids is 2. The molecule has 0 aliphatic carbocycles. The third kappa shape index (κ3) is 3.63. The minimum Gasteiger partial charge on any atom is -0.461 e. The van der Waals surface area contributed by atoms with Crippen LogP contribution in [0.3, 0.4) is 0 Å². The van der Waals surface area contributed by atoms with Gasteiger partial charge in [0.25, 0.3) is 5.91 Å². The van der Waals surface area contributed by atoms with Crippen molar-refractivity contribution < 1.29 is 18.7 Å². The molecule has 0 saturated heterocycles. The maximum atomic E-state index is 13.8. The molecule has 0 unspecified atom stereocenters. The Bertz CT molecular complexity index is 824. The van der Waals surface area contributed by atoms with Gasteiger partial charge in [-0.15, -0.1) is 6.58 Å². The lowest BCUT2D eigenvalue weighted by molar-refractivity contribution is 0.0513. The highest BCUT2D eigenvalue weighted by molar-refractivity contribution is 6.08. The van der Waals surface area contributed by atoms with Crippen LogP contribution in [0.25, 0.3) is 0 Å². The van der Waals surface area contributed by atoms with Crippen molar-refractivity contribution in [1.29, 1.82) is 0 Å². The van der Waals surface area contributed by atoms with Crippen molar-refractivity contribution in [2.75, 3.05) is 11.9 Å². The molecule has 25 heavy (non-hydrogen) atoms. The number of aromatic nitrogens is 1. The second-order valence-electron chi connectivity index (χ2n) is 5.49. The van der Waals surface area contributed by atoms with Gasteiger partial charge in [-0.2, -0.15) is 0 Å². The van der Waals surface area contributed by atoms with E-state index < -0.39 is 17.7 Å². The average molecular weight is 344 g/mol. The largest absolute Gasteiger partial charge is 0.461 e. The third-order valence-electron chi connectivity index (χ3n) is 3.90. The van der Waals surface area contributed by atoms with E-state index in [-0.39, 0.29) is 12.3 Å². The molecule has 2 rings (SSSR count). The molecule has 0 spiro atoms. The fraction of sp³-hybridized carbons (Fsp3) is 0.263. The third-order valence-corrected chi connectivity index (χ3v) is 3.90. The lowest BCUT2D eigenvalue weighted by Gasteiger charge is -2.09. The van der Waals surface area contributed by atoms with Crippen molar-refractivity contribution in [2.24, 2.45) is 0 Å². The van der Waals surface area contributed by atoms with Gasteiger partial charge in [0.15, 0.2) is 0 Å². The first kappa shape index (κ1) is 18.4. The van der Waals surface area contributed by atoms with Crippen molar-refractivity contribution in [1.82, 2.24) is 4.57 Å². The topological polar surface area (TPSA) is 60.3 Å². The number of halogens is 1. The highest BCUT2D eigenvalue weighted by Crippen LogP contribution is 2.25. The number of carbonyl (C=O) groups is 2. The van der Waals surface area contributed by atoms with E-state index in [1.54, 1.807) is 43.5 Å². The predicted molar refractivity (Wildman–Crippen MR) is 94.4 cm³/mol. The molecule has 1 aromatic carbocycles. The Morgan fingerprint density at radius 2 is 2.00 bits per heavy atom. The Kier molecular flexibility index (Phi) is 5.75.